The largest absolute Gasteiger partial charge is 0.496 e. The van der Waals surface area contributed by atoms with E-state index in [4.69, 9.17) is 26.4 Å². The summed E-state index contributed by atoms with van der Waals surface area (Å²) in [6.07, 6.45) is 4.58. The molecule has 7 nitrogen and oxygen atoms in total. The van der Waals surface area contributed by atoms with Crippen LogP contribution in [0.15, 0.2) is 17.2 Å². The number of hydrogen-bond donors (Lipinski definition) is 1. The van der Waals surface area contributed by atoms with Crippen molar-refractivity contribution in [3.05, 3.63) is 28.3 Å². The van der Waals surface area contributed by atoms with E-state index >= 15 is 0 Å². The molecule has 24 heavy (non-hydrogen) atoms. The molecule has 2 aromatic rings. The lowest BCUT2D eigenvalue weighted by atomic mass is 10.2. The SMILES string of the molecule is CCCCc1n[nH]c(=S)n1/N=C/c1cc(OC)c(OC)cc1OC. The molecule has 1 heterocycles. The topological polar surface area (TPSA) is 73.7 Å². The monoisotopic (exact) mass is 350 g/mol. The molecular weight excluding hydrogens is 328 g/mol. The van der Waals surface area contributed by atoms with Gasteiger partial charge >= 0.3 is 0 Å². The Balaban J connectivity index is 2.38. The van der Waals surface area contributed by atoms with Crippen LogP contribution in [0.25, 0.3) is 0 Å². The van der Waals surface area contributed by atoms with Crippen LogP contribution in [0.1, 0.15) is 31.2 Å². The molecule has 0 fully saturated rings. The van der Waals surface area contributed by atoms with Gasteiger partial charge in [-0.2, -0.15) is 14.9 Å². The summed E-state index contributed by atoms with van der Waals surface area (Å²) in [5.74, 6) is 2.62. The minimum absolute atomic E-state index is 0.455. The van der Waals surface area contributed by atoms with Crippen molar-refractivity contribution in [2.45, 2.75) is 26.2 Å². The first-order valence-electron chi connectivity index (χ1n) is 7.65. The molecule has 0 atom stereocenters. The van der Waals surface area contributed by atoms with Crippen LogP contribution in [-0.4, -0.2) is 42.4 Å². The Morgan fingerprint density at radius 1 is 1.17 bits per heavy atom. The van der Waals surface area contributed by atoms with Crippen molar-refractivity contribution in [1.29, 1.82) is 0 Å². The Morgan fingerprint density at radius 3 is 2.46 bits per heavy atom. The first kappa shape index (κ1) is 18.0. The van der Waals surface area contributed by atoms with Gasteiger partial charge in [-0.3, -0.25) is 5.10 Å². The van der Waals surface area contributed by atoms with E-state index in [-0.39, 0.29) is 0 Å². The van der Waals surface area contributed by atoms with Crippen molar-refractivity contribution in [2.24, 2.45) is 5.10 Å². The Hall–Kier alpha value is -2.35. The molecule has 0 amide bonds. The molecule has 8 heteroatoms. The third-order valence-electron chi connectivity index (χ3n) is 3.52. The molecular formula is C16H22N4O3S. The van der Waals surface area contributed by atoms with Crippen molar-refractivity contribution in [2.75, 3.05) is 21.3 Å². The molecule has 0 bridgehead atoms. The maximum Gasteiger partial charge on any atom is 0.216 e. The number of aromatic nitrogens is 3. The molecule has 1 N–H and O–H groups in total. The second kappa shape index (κ2) is 8.49. The average molecular weight is 350 g/mol. The summed E-state index contributed by atoms with van der Waals surface area (Å²) >= 11 is 5.24. The third-order valence-corrected chi connectivity index (χ3v) is 3.78. The summed E-state index contributed by atoms with van der Waals surface area (Å²) in [5.41, 5.74) is 0.750. The normalized spacial score (nSPS) is 11.0. The highest BCUT2D eigenvalue weighted by atomic mass is 32.1. The van der Waals surface area contributed by atoms with Gasteiger partial charge in [0.05, 0.1) is 27.5 Å². The fourth-order valence-corrected chi connectivity index (χ4v) is 2.41. The molecule has 0 aliphatic heterocycles. The fraction of sp³-hybridized carbons (Fsp3) is 0.438. The number of aryl methyl sites for hydroxylation is 1. The van der Waals surface area contributed by atoms with Crippen molar-refractivity contribution < 1.29 is 14.2 Å². The van der Waals surface area contributed by atoms with Crippen molar-refractivity contribution in [3.63, 3.8) is 0 Å². The Bertz CT molecular complexity index is 767. The van der Waals surface area contributed by atoms with E-state index in [0.717, 1.165) is 30.7 Å². The highest BCUT2D eigenvalue weighted by molar-refractivity contribution is 7.71. The van der Waals surface area contributed by atoms with Gasteiger partial charge in [-0.05, 0) is 24.7 Å². The van der Waals surface area contributed by atoms with Gasteiger partial charge in [0.2, 0.25) is 4.77 Å². The molecule has 0 unspecified atom stereocenters. The number of ether oxygens (including phenoxy) is 3. The van der Waals surface area contributed by atoms with E-state index in [0.29, 0.717) is 22.0 Å². The van der Waals surface area contributed by atoms with Crippen LogP contribution in [-0.2, 0) is 6.42 Å². The number of nitrogens with zero attached hydrogens (tertiary/aromatic N) is 3. The number of aromatic amines is 1. The molecule has 0 saturated carbocycles. The molecule has 1 aromatic carbocycles. The summed E-state index contributed by atoms with van der Waals surface area (Å²) < 4.78 is 18.1. The smallest absolute Gasteiger partial charge is 0.216 e. The molecule has 0 saturated heterocycles. The van der Waals surface area contributed by atoms with Gasteiger partial charge in [0.1, 0.15) is 5.75 Å². The average Bonchev–Trinajstić information content (AvgIpc) is 2.96. The van der Waals surface area contributed by atoms with E-state index in [9.17, 15) is 0 Å². The van der Waals surface area contributed by atoms with E-state index < -0.39 is 0 Å². The fourth-order valence-electron chi connectivity index (χ4n) is 2.21. The zero-order valence-corrected chi connectivity index (χ0v) is 15.1. The van der Waals surface area contributed by atoms with Crippen molar-refractivity contribution in [1.82, 2.24) is 14.9 Å². The van der Waals surface area contributed by atoms with E-state index in [1.807, 2.05) is 0 Å². The van der Waals surface area contributed by atoms with Crippen LogP contribution in [0.4, 0.5) is 0 Å². The summed E-state index contributed by atoms with van der Waals surface area (Å²) in [7, 11) is 4.75. The number of rotatable bonds is 8. The van der Waals surface area contributed by atoms with Crippen molar-refractivity contribution in [3.8, 4) is 17.2 Å². The quantitative estimate of drug-likeness (QED) is 0.585. The molecule has 1 aromatic heterocycles. The van der Waals surface area contributed by atoms with Gasteiger partial charge in [-0.1, -0.05) is 13.3 Å². The van der Waals surface area contributed by atoms with Gasteiger partial charge in [0.15, 0.2) is 17.3 Å². The minimum Gasteiger partial charge on any atom is -0.496 e. The Kier molecular flexibility index (Phi) is 6.36. The standard InChI is InChI=1S/C16H22N4O3S/c1-5-6-7-15-18-19-16(24)20(15)17-10-11-8-13(22-3)14(23-4)9-12(11)21-2/h8-10H,5-7H2,1-4H3,(H,19,24)/b17-10+. The summed E-state index contributed by atoms with van der Waals surface area (Å²) in [4.78, 5) is 0. The first-order valence-corrected chi connectivity index (χ1v) is 8.06. The highest BCUT2D eigenvalue weighted by Gasteiger charge is 2.11. The zero-order chi connectivity index (χ0) is 17.5. The molecule has 0 radical (unpaired) electrons. The zero-order valence-electron chi connectivity index (χ0n) is 14.3. The van der Waals surface area contributed by atoms with Crippen LogP contribution in [0.3, 0.4) is 0 Å². The second-order valence-corrected chi connectivity index (χ2v) is 5.44. The second-order valence-electron chi connectivity index (χ2n) is 5.05. The number of H-pyrrole nitrogens is 1. The van der Waals surface area contributed by atoms with Gasteiger partial charge in [0.25, 0.3) is 0 Å². The minimum atomic E-state index is 0.455. The lowest BCUT2D eigenvalue weighted by Crippen LogP contribution is -2.01. The van der Waals surface area contributed by atoms with Crippen LogP contribution in [0, 0.1) is 4.77 Å². The predicted molar refractivity (Wildman–Crippen MR) is 95.1 cm³/mol. The van der Waals surface area contributed by atoms with Gasteiger partial charge < -0.3 is 14.2 Å². The molecule has 0 spiro atoms. The van der Waals surface area contributed by atoms with Crippen LogP contribution in [0.5, 0.6) is 17.2 Å². The van der Waals surface area contributed by atoms with Gasteiger partial charge in [-0.15, -0.1) is 0 Å². The predicted octanol–water partition coefficient (Wildman–Crippen LogP) is 3.19. The summed E-state index contributed by atoms with van der Waals surface area (Å²) in [6, 6.07) is 3.56. The number of nitrogens with one attached hydrogen (secondary N) is 1. The number of hydrogen-bond acceptors (Lipinski definition) is 6. The van der Waals surface area contributed by atoms with Crippen LogP contribution < -0.4 is 14.2 Å². The molecule has 130 valence electrons. The first-order chi connectivity index (χ1) is 11.6. The van der Waals surface area contributed by atoms with Crippen LogP contribution in [0.2, 0.25) is 0 Å². The number of benzene rings is 1. The molecule has 0 aliphatic carbocycles. The highest BCUT2D eigenvalue weighted by Crippen LogP contribution is 2.33. The van der Waals surface area contributed by atoms with Gasteiger partial charge in [-0.25, -0.2) is 0 Å². The number of methoxy groups -OCH3 is 3. The summed E-state index contributed by atoms with van der Waals surface area (Å²) in [6.45, 7) is 2.13. The maximum absolute atomic E-state index is 5.40. The van der Waals surface area contributed by atoms with Crippen LogP contribution >= 0.6 is 12.2 Å². The van der Waals surface area contributed by atoms with Gasteiger partial charge in [0, 0.05) is 18.1 Å². The molecule has 0 aliphatic rings. The lowest BCUT2D eigenvalue weighted by molar-refractivity contribution is 0.349. The third kappa shape index (κ3) is 3.94. The lowest BCUT2D eigenvalue weighted by Gasteiger charge is -2.11. The summed E-state index contributed by atoms with van der Waals surface area (Å²) in [5, 5.41) is 11.4. The van der Waals surface area contributed by atoms with E-state index in [1.165, 1.54) is 0 Å². The maximum atomic E-state index is 5.40. The Labute approximate surface area is 146 Å². The Morgan fingerprint density at radius 2 is 1.83 bits per heavy atom. The molecule has 2 rings (SSSR count). The number of unbranched alkanes of at least 4 members (excludes halogenated alkanes) is 1. The van der Waals surface area contributed by atoms with E-state index in [1.54, 1.807) is 44.4 Å². The van der Waals surface area contributed by atoms with Crippen molar-refractivity contribution >= 4 is 18.4 Å². The van der Waals surface area contributed by atoms with E-state index in [2.05, 4.69) is 22.2 Å².